The van der Waals surface area contributed by atoms with E-state index in [0.717, 1.165) is 22.6 Å². The minimum absolute atomic E-state index is 0.109. The molecule has 0 bridgehead atoms. The molecular weight excluding hydrogens is 390 g/mol. The van der Waals surface area contributed by atoms with Gasteiger partial charge in [-0.05, 0) is 48.4 Å². The highest BCUT2D eigenvalue weighted by Gasteiger charge is 2.34. The molecule has 0 amide bonds. The molecule has 5 rings (SSSR count). The van der Waals surface area contributed by atoms with E-state index in [1.54, 1.807) is 19.3 Å². The van der Waals surface area contributed by atoms with Crippen LogP contribution in [0.25, 0.3) is 6.08 Å². The van der Waals surface area contributed by atoms with Crippen molar-refractivity contribution < 1.29 is 19.0 Å². The normalized spacial score (nSPS) is 17.5. The molecule has 2 aliphatic rings. The van der Waals surface area contributed by atoms with Crippen LogP contribution in [0.4, 0.5) is 0 Å². The first-order chi connectivity index (χ1) is 15.1. The fraction of sp³-hybridized carbons (Fsp3) is 0.192. The van der Waals surface area contributed by atoms with Crippen molar-refractivity contribution in [3.8, 4) is 17.2 Å². The maximum absolute atomic E-state index is 13.0. The number of allylic oxidation sites excluding steroid dienone is 1. The maximum atomic E-state index is 13.0. The van der Waals surface area contributed by atoms with Crippen molar-refractivity contribution in [3.05, 3.63) is 94.7 Å². The molecule has 0 N–H and O–H groups in total. The Labute approximate surface area is 181 Å². The molecular formula is C26H23NO4. The lowest BCUT2D eigenvalue weighted by Gasteiger charge is -2.34. The third-order valence-corrected chi connectivity index (χ3v) is 5.89. The van der Waals surface area contributed by atoms with Gasteiger partial charge in [-0.1, -0.05) is 42.5 Å². The number of carbonyl (C=O) groups excluding carboxylic acids is 1. The summed E-state index contributed by atoms with van der Waals surface area (Å²) in [6.07, 6.45) is 1.77. The second-order valence-electron chi connectivity index (χ2n) is 7.74. The number of benzene rings is 3. The van der Waals surface area contributed by atoms with Crippen LogP contribution < -0.4 is 14.2 Å². The molecule has 0 aromatic heterocycles. The predicted molar refractivity (Wildman–Crippen MR) is 118 cm³/mol. The summed E-state index contributed by atoms with van der Waals surface area (Å²) in [6.45, 7) is 3.30. The van der Waals surface area contributed by atoms with Crippen LogP contribution in [-0.2, 0) is 6.54 Å². The molecule has 31 heavy (non-hydrogen) atoms. The van der Waals surface area contributed by atoms with Gasteiger partial charge >= 0.3 is 0 Å². The van der Waals surface area contributed by atoms with E-state index in [1.807, 2.05) is 48.5 Å². The molecule has 2 heterocycles. The summed E-state index contributed by atoms with van der Waals surface area (Å²) in [6, 6.07) is 21.7. The molecule has 5 heteroatoms. The zero-order chi connectivity index (χ0) is 21.4. The van der Waals surface area contributed by atoms with Gasteiger partial charge in [-0.25, -0.2) is 0 Å². The standard InChI is InChI=1S/C26H23NO4/c1-17(19-6-4-3-5-7-19)27-15-22-23(30-16-27)13-12-21-25(28)24(31-26(21)22)14-18-8-10-20(29-2)11-9-18/h3-14,17H,15-16H2,1-2H3/b24-14-. The highest BCUT2D eigenvalue weighted by molar-refractivity contribution is 6.15. The fourth-order valence-electron chi connectivity index (χ4n) is 4.02. The van der Waals surface area contributed by atoms with Gasteiger partial charge < -0.3 is 14.2 Å². The molecule has 5 nitrogen and oxygen atoms in total. The second kappa shape index (κ2) is 7.93. The lowest BCUT2D eigenvalue weighted by molar-refractivity contribution is 0.0606. The Morgan fingerprint density at radius 2 is 1.81 bits per heavy atom. The number of carbonyl (C=O) groups is 1. The Morgan fingerprint density at radius 1 is 1.03 bits per heavy atom. The van der Waals surface area contributed by atoms with E-state index in [1.165, 1.54) is 5.56 Å². The second-order valence-corrected chi connectivity index (χ2v) is 7.74. The van der Waals surface area contributed by atoms with Crippen LogP contribution in [0.1, 0.15) is 40.0 Å². The number of Topliss-reactive ketones (excluding diaryl/α,β-unsaturated/α-hetero) is 1. The van der Waals surface area contributed by atoms with Crippen LogP contribution in [0.3, 0.4) is 0 Å². The molecule has 0 spiro atoms. The Kier molecular flexibility index (Phi) is 4.96. The Morgan fingerprint density at radius 3 is 2.55 bits per heavy atom. The summed E-state index contributed by atoms with van der Waals surface area (Å²) in [7, 11) is 1.63. The lowest BCUT2D eigenvalue weighted by atomic mass is 10.0. The van der Waals surface area contributed by atoms with Gasteiger partial charge in [0.2, 0.25) is 5.78 Å². The van der Waals surface area contributed by atoms with Gasteiger partial charge in [0.25, 0.3) is 0 Å². The molecule has 3 aromatic rings. The third kappa shape index (κ3) is 3.57. The number of rotatable bonds is 4. The van der Waals surface area contributed by atoms with Crippen molar-refractivity contribution in [2.45, 2.75) is 19.5 Å². The van der Waals surface area contributed by atoms with Gasteiger partial charge in [0.1, 0.15) is 24.0 Å². The Bertz CT molecular complexity index is 1150. The number of ether oxygens (including phenoxy) is 3. The molecule has 3 aromatic carbocycles. The van der Waals surface area contributed by atoms with Crippen molar-refractivity contribution in [1.82, 2.24) is 4.90 Å². The minimum atomic E-state index is -0.109. The number of ketones is 1. The van der Waals surface area contributed by atoms with Crippen molar-refractivity contribution >= 4 is 11.9 Å². The van der Waals surface area contributed by atoms with E-state index in [0.29, 0.717) is 30.3 Å². The molecule has 1 atom stereocenters. The first kappa shape index (κ1) is 19.4. The first-order valence-electron chi connectivity index (χ1n) is 10.3. The largest absolute Gasteiger partial charge is 0.497 e. The molecule has 0 saturated heterocycles. The van der Waals surface area contributed by atoms with Gasteiger partial charge in [-0.15, -0.1) is 0 Å². The number of methoxy groups -OCH3 is 1. The SMILES string of the molecule is COc1ccc(/C=C2\Oc3c(ccc4c3CN(C(C)c3ccccc3)CO4)C2=O)cc1. The van der Waals surface area contributed by atoms with E-state index in [9.17, 15) is 4.79 Å². The van der Waals surface area contributed by atoms with Crippen molar-refractivity contribution in [1.29, 1.82) is 0 Å². The predicted octanol–water partition coefficient (Wildman–Crippen LogP) is 5.22. The monoisotopic (exact) mass is 413 g/mol. The van der Waals surface area contributed by atoms with E-state index >= 15 is 0 Å². The molecule has 156 valence electrons. The topological polar surface area (TPSA) is 48.0 Å². The number of hydrogen-bond acceptors (Lipinski definition) is 5. The average Bonchev–Trinajstić information content (AvgIpc) is 3.15. The number of fused-ring (bicyclic) bond motifs is 3. The van der Waals surface area contributed by atoms with Crippen LogP contribution in [0.2, 0.25) is 0 Å². The van der Waals surface area contributed by atoms with Gasteiger partial charge in [0, 0.05) is 12.6 Å². The average molecular weight is 413 g/mol. The van der Waals surface area contributed by atoms with Gasteiger partial charge in [-0.3, -0.25) is 9.69 Å². The Balaban J connectivity index is 1.43. The van der Waals surface area contributed by atoms with Crippen LogP contribution in [-0.4, -0.2) is 24.5 Å². The molecule has 0 aliphatic carbocycles. The Hall–Kier alpha value is -3.57. The first-order valence-corrected chi connectivity index (χ1v) is 10.3. The summed E-state index contributed by atoms with van der Waals surface area (Å²) >= 11 is 0. The van der Waals surface area contributed by atoms with Crippen LogP contribution in [0, 0.1) is 0 Å². The zero-order valence-electron chi connectivity index (χ0n) is 17.5. The van der Waals surface area contributed by atoms with E-state index in [-0.39, 0.29) is 11.8 Å². The van der Waals surface area contributed by atoms with Crippen molar-refractivity contribution in [2.75, 3.05) is 13.8 Å². The van der Waals surface area contributed by atoms with Gasteiger partial charge in [0.15, 0.2) is 5.76 Å². The molecule has 1 unspecified atom stereocenters. The van der Waals surface area contributed by atoms with Crippen molar-refractivity contribution in [3.63, 3.8) is 0 Å². The van der Waals surface area contributed by atoms with Crippen molar-refractivity contribution in [2.24, 2.45) is 0 Å². The highest BCUT2D eigenvalue weighted by atomic mass is 16.5. The number of hydrogen-bond donors (Lipinski definition) is 0. The summed E-state index contributed by atoms with van der Waals surface area (Å²) in [4.78, 5) is 15.2. The van der Waals surface area contributed by atoms with E-state index in [4.69, 9.17) is 14.2 Å². The molecule has 2 aliphatic heterocycles. The smallest absolute Gasteiger partial charge is 0.231 e. The zero-order valence-corrected chi connectivity index (χ0v) is 17.5. The summed E-state index contributed by atoms with van der Waals surface area (Å²) in [5.74, 6) is 2.35. The van der Waals surface area contributed by atoms with Gasteiger partial charge in [0.05, 0.1) is 18.2 Å². The number of nitrogens with zero attached hydrogens (tertiary/aromatic N) is 1. The van der Waals surface area contributed by atoms with Crippen LogP contribution in [0.15, 0.2) is 72.5 Å². The fourth-order valence-corrected chi connectivity index (χ4v) is 4.02. The summed E-state index contributed by atoms with van der Waals surface area (Å²) in [5, 5.41) is 0. The van der Waals surface area contributed by atoms with E-state index in [2.05, 4.69) is 24.0 Å². The van der Waals surface area contributed by atoms with E-state index < -0.39 is 0 Å². The third-order valence-electron chi connectivity index (χ3n) is 5.89. The minimum Gasteiger partial charge on any atom is -0.497 e. The lowest BCUT2D eigenvalue weighted by Crippen LogP contribution is -2.34. The molecule has 0 fully saturated rings. The van der Waals surface area contributed by atoms with Crippen LogP contribution >= 0.6 is 0 Å². The quantitative estimate of drug-likeness (QED) is 0.549. The molecule has 0 saturated carbocycles. The van der Waals surface area contributed by atoms with Gasteiger partial charge in [-0.2, -0.15) is 0 Å². The maximum Gasteiger partial charge on any atom is 0.231 e. The highest BCUT2D eigenvalue weighted by Crippen LogP contribution is 2.43. The van der Waals surface area contributed by atoms with Crippen LogP contribution in [0.5, 0.6) is 17.2 Å². The molecule has 0 radical (unpaired) electrons. The summed E-state index contributed by atoms with van der Waals surface area (Å²) < 4.78 is 17.3. The summed E-state index contributed by atoms with van der Waals surface area (Å²) in [5.41, 5.74) is 3.59.